The van der Waals surface area contributed by atoms with Gasteiger partial charge < -0.3 is 10.1 Å². The molecule has 76 valence electrons. The Morgan fingerprint density at radius 1 is 1.54 bits per heavy atom. The van der Waals surface area contributed by atoms with Crippen molar-refractivity contribution in [2.45, 2.75) is 26.7 Å². The maximum absolute atomic E-state index is 11.1. The first-order valence-electron chi connectivity index (χ1n) is 5.05. The molecule has 0 saturated heterocycles. The van der Waals surface area contributed by atoms with Crippen molar-refractivity contribution in [2.75, 3.05) is 19.7 Å². The van der Waals surface area contributed by atoms with Crippen LogP contribution < -0.4 is 5.32 Å². The number of carbonyl (C=O) groups excluding carboxylic acids is 1. The molecule has 0 aromatic carbocycles. The van der Waals surface area contributed by atoms with Crippen LogP contribution in [0.4, 0.5) is 0 Å². The molecular weight excluding hydrogens is 166 g/mol. The molecule has 3 heteroatoms. The highest BCUT2D eigenvalue weighted by Crippen LogP contribution is 2.28. The lowest BCUT2D eigenvalue weighted by Crippen LogP contribution is -2.28. The highest BCUT2D eigenvalue weighted by Gasteiger charge is 2.22. The normalized spacial score (nSPS) is 16.2. The molecule has 0 unspecified atom stereocenters. The van der Waals surface area contributed by atoms with Crippen molar-refractivity contribution < 1.29 is 9.53 Å². The largest absolute Gasteiger partial charge is 0.464 e. The molecule has 1 fully saturated rings. The third-order valence-corrected chi connectivity index (χ3v) is 2.00. The third kappa shape index (κ3) is 5.64. The van der Waals surface area contributed by atoms with E-state index < -0.39 is 0 Å². The Kier molecular flexibility index (Phi) is 4.22. The van der Waals surface area contributed by atoms with E-state index in [0.717, 1.165) is 6.54 Å². The van der Waals surface area contributed by atoms with E-state index in [2.05, 4.69) is 19.2 Å². The molecule has 0 heterocycles. The van der Waals surface area contributed by atoms with Gasteiger partial charge in [0.05, 0.1) is 13.2 Å². The highest BCUT2D eigenvalue weighted by molar-refractivity contribution is 5.71. The summed E-state index contributed by atoms with van der Waals surface area (Å²) in [5.74, 6) is 1.12. The number of ether oxygens (including phenoxy) is 1. The van der Waals surface area contributed by atoms with E-state index in [9.17, 15) is 4.79 Å². The van der Waals surface area contributed by atoms with E-state index in [1.165, 1.54) is 12.8 Å². The summed E-state index contributed by atoms with van der Waals surface area (Å²) >= 11 is 0. The highest BCUT2D eigenvalue weighted by atomic mass is 16.5. The van der Waals surface area contributed by atoms with Gasteiger partial charge in [-0.1, -0.05) is 13.8 Å². The third-order valence-electron chi connectivity index (χ3n) is 2.00. The average molecular weight is 185 g/mol. The number of esters is 1. The fourth-order valence-electron chi connectivity index (χ4n) is 1.01. The quantitative estimate of drug-likeness (QED) is 0.632. The number of rotatable bonds is 6. The van der Waals surface area contributed by atoms with Crippen molar-refractivity contribution in [3.05, 3.63) is 0 Å². The monoisotopic (exact) mass is 185 g/mol. The molecule has 0 atom stereocenters. The van der Waals surface area contributed by atoms with Crippen LogP contribution in [0.3, 0.4) is 0 Å². The molecule has 0 amide bonds. The molecule has 3 nitrogen and oxygen atoms in total. The predicted molar refractivity (Wildman–Crippen MR) is 51.4 cm³/mol. The van der Waals surface area contributed by atoms with Crippen LogP contribution in [0.15, 0.2) is 0 Å². The maximum atomic E-state index is 11.1. The zero-order chi connectivity index (χ0) is 9.68. The lowest BCUT2D eigenvalue weighted by molar-refractivity contribution is -0.143. The van der Waals surface area contributed by atoms with Crippen LogP contribution in [0, 0.1) is 11.8 Å². The summed E-state index contributed by atoms with van der Waals surface area (Å²) in [5, 5.41) is 3.05. The fraction of sp³-hybridized carbons (Fsp3) is 0.900. The molecule has 0 bridgehead atoms. The molecule has 1 N–H and O–H groups in total. The van der Waals surface area contributed by atoms with E-state index in [1.54, 1.807) is 0 Å². The Balaban J connectivity index is 1.90. The average Bonchev–Trinajstić information content (AvgIpc) is 2.83. The van der Waals surface area contributed by atoms with Gasteiger partial charge in [0.2, 0.25) is 0 Å². The topological polar surface area (TPSA) is 38.3 Å². The minimum absolute atomic E-state index is 0.118. The molecule has 1 aliphatic carbocycles. The first-order valence-corrected chi connectivity index (χ1v) is 5.05. The molecular formula is C10H19NO2. The van der Waals surface area contributed by atoms with Crippen molar-refractivity contribution >= 4 is 5.97 Å². The van der Waals surface area contributed by atoms with E-state index in [-0.39, 0.29) is 5.97 Å². The molecule has 0 radical (unpaired) electrons. The van der Waals surface area contributed by atoms with Crippen molar-refractivity contribution in [1.29, 1.82) is 0 Å². The van der Waals surface area contributed by atoms with Gasteiger partial charge in [-0.05, 0) is 31.2 Å². The van der Waals surface area contributed by atoms with Crippen LogP contribution in [-0.4, -0.2) is 25.7 Å². The molecule has 0 aliphatic heterocycles. The Morgan fingerprint density at radius 3 is 2.77 bits per heavy atom. The zero-order valence-corrected chi connectivity index (χ0v) is 8.51. The van der Waals surface area contributed by atoms with Gasteiger partial charge >= 0.3 is 5.97 Å². The van der Waals surface area contributed by atoms with Crippen molar-refractivity contribution in [3.8, 4) is 0 Å². The summed E-state index contributed by atoms with van der Waals surface area (Å²) in [6.07, 6.45) is 2.46. The molecule has 0 aromatic rings. The second-order valence-corrected chi connectivity index (χ2v) is 4.15. The van der Waals surface area contributed by atoms with E-state index >= 15 is 0 Å². The van der Waals surface area contributed by atoms with Gasteiger partial charge in [-0.3, -0.25) is 4.79 Å². The first kappa shape index (κ1) is 10.5. The minimum atomic E-state index is -0.118. The van der Waals surface area contributed by atoms with Crippen LogP contribution in [-0.2, 0) is 9.53 Å². The van der Waals surface area contributed by atoms with Gasteiger partial charge in [0.15, 0.2) is 0 Å². The zero-order valence-electron chi connectivity index (χ0n) is 8.51. The van der Waals surface area contributed by atoms with Gasteiger partial charge in [0, 0.05) is 0 Å². The van der Waals surface area contributed by atoms with E-state index in [0.29, 0.717) is 25.0 Å². The molecule has 0 aromatic heterocycles. The molecule has 1 saturated carbocycles. The van der Waals surface area contributed by atoms with Gasteiger partial charge in [0.1, 0.15) is 0 Å². The number of hydrogen-bond donors (Lipinski definition) is 1. The lowest BCUT2D eigenvalue weighted by atomic mass is 10.2. The summed E-state index contributed by atoms with van der Waals surface area (Å²) in [7, 11) is 0. The van der Waals surface area contributed by atoms with Crippen LogP contribution in [0.5, 0.6) is 0 Å². The van der Waals surface area contributed by atoms with Gasteiger partial charge in [-0.15, -0.1) is 0 Å². The summed E-state index contributed by atoms with van der Waals surface area (Å²) in [6.45, 7) is 6.08. The fourth-order valence-corrected chi connectivity index (χ4v) is 1.01. The van der Waals surface area contributed by atoms with Crippen LogP contribution in [0.2, 0.25) is 0 Å². The summed E-state index contributed by atoms with van der Waals surface area (Å²) in [5.41, 5.74) is 0. The smallest absolute Gasteiger partial charge is 0.319 e. The second-order valence-electron chi connectivity index (χ2n) is 4.15. The van der Waals surface area contributed by atoms with Gasteiger partial charge in [-0.25, -0.2) is 0 Å². The van der Waals surface area contributed by atoms with Crippen molar-refractivity contribution in [1.82, 2.24) is 5.32 Å². The SMILES string of the molecule is CC(C)CNCC(=O)OCC1CC1. The Bertz CT molecular complexity index is 164. The van der Waals surface area contributed by atoms with Crippen molar-refractivity contribution in [3.63, 3.8) is 0 Å². The predicted octanol–water partition coefficient (Wildman–Crippen LogP) is 1.19. The Labute approximate surface area is 79.8 Å². The summed E-state index contributed by atoms with van der Waals surface area (Å²) in [6, 6.07) is 0. The van der Waals surface area contributed by atoms with Crippen molar-refractivity contribution in [2.24, 2.45) is 11.8 Å². The van der Waals surface area contributed by atoms with Crippen LogP contribution in [0.25, 0.3) is 0 Å². The molecule has 13 heavy (non-hydrogen) atoms. The number of nitrogens with one attached hydrogen (secondary N) is 1. The standard InChI is InChI=1S/C10H19NO2/c1-8(2)5-11-6-10(12)13-7-9-3-4-9/h8-9,11H,3-7H2,1-2H3. The summed E-state index contributed by atoms with van der Waals surface area (Å²) in [4.78, 5) is 11.1. The van der Waals surface area contributed by atoms with Crippen LogP contribution >= 0.6 is 0 Å². The van der Waals surface area contributed by atoms with E-state index in [4.69, 9.17) is 4.74 Å². The number of carbonyl (C=O) groups is 1. The summed E-state index contributed by atoms with van der Waals surface area (Å²) < 4.78 is 5.05. The van der Waals surface area contributed by atoms with E-state index in [1.807, 2.05) is 0 Å². The minimum Gasteiger partial charge on any atom is -0.464 e. The van der Waals surface area contributed by atoms with Crippen LogP contribution in [0.1, 0.15) is 26.7 Å². The van der Waals surface area contributed by atoms with Gasteiger partial charge in [0.25, 0.3) is 0 Å². The molecule has 1 rings (SSSR count). The maximum Gasteiger partial charge on any atom is 0.319 e. The first-order chi connectivity index (χ1) is 6.18. The second kappa shape index (κ2) is 5.22. The number of hydrogen-bond acceptors (Lipinski definition) is 3. The Hall–Kier alpha value is -0.570. The Morgan fingerprint density at radius 2 is 2.23 bits per heavy atom. The lowest BCUT2D eigenvalue weighted by Gasteiger charge is -2.07. The molecule has 1 aliphatic rings. The van der Waals surface area contributed by atoms with Gasteiger partial charge in [-0.2, -0.15) is 0 Å². The molecule has 0 spiro atoms.